The molecule has 0 fully saturated rings. The maximum absolute atomic E-state index is 9.56. The van der Waals surface area contributed by atoms with Crippen molar-refractivity contribution >= 4 is 11.6 Å². The van der Waals surface area contributed by atoms with Gasteiger partial charge in [-0.3, -0.25) is 0 Å². The summed E-state index contributed by atoms with van der Waals surface area (Å²) in [6.45, 7) is 0. The Morgan fingerprint density at radius 3 is 2.09 bits per heavy atom. The molecule has 23 heavy (non-hydrogen) atoms. The average molecular weight is 317 g/mol. The van der Waals surface area contributed by atoms with E-state index in [4.69, 9.17) is 11.6 Å². The molecular weight excluding hydrogens is 304 g/mol. The Hall–Kier alpha value is -2.55. The van der Waals surface area contributed by atoms with Crippen molar-refractivity contribution in [2.45, 2.75) is 18.3 Å². The SMILES string of the molecule is N#Cc1ccc(C#N)c2c1C(c1ccc(Cl)cc1)CC1C=CC21. The van der Waals surface area contributed by atoms with Gasteiger partial charge in [-0.05, 0) is 53.3 Å². The summed E-state index contributed by atoms with van der Waals surface area (Å²) in [6, 6.07) is 16.0. The first kappa shape index (κ1) is 14.1. The predicted molar refractivity (Wildman–Crippen MR) is 89.2 cm³/mol. The van der Waals surface area contributed by atoms with E-state index in [1.165, 1.54) is 0 Å². The highest BCUT2D eigenvalue weighted by molar-refractivity contribution is 6.30. The van der Waals surface area contributed by atoms with E-state index in [0.717, 1.165) is 23.1 Å². The van der Waals surface area contributed by atoms with Crippen molar-refractivity contribution in [1.29, 1.82) is 10.5 Å². The number of hydrogen-bond acceptors (Lipinski definition) is 2. The second kappa shape index (κ2) is 5.27. The summed E-state index contributed by atoms with van der Waals surface area (Å²) in [5, 5.41) is 19.8. The number of halogens is 1. The molecule has 0 saturated heterocycles. The summed E-state index contributed by atoms with van der Waals surface area (Å²) in [4.78, 5) is 0. The molecule has 3 unspecified atom stereocenters. The summed E-state index contributed by atoms with van der Waals surface area (Å²) in [5.74, 6) is 0.858. The van der Waals surface area contributed by atoms with Crippen molar-refractivity contribution < 1.29 is 0 Å². The zero-order valence-corrected chi connectivity index (χ0v) is 13.1. The fourth-order valence-corrected chi connectivity index (χ4v) is 3.99. The van der Waals surface area contributed by atoms with Crippen LogP contribution in [0.15, 0.2) is 48.6 Å². The topological polar surface area (TPSA) is 47.6 Å². The summed E-state index contributed by atoms with van der Waals surface area (Å²) < 4.78 is 0. The number of hydrogen-bond donors (Lipinski definition) is 0. The Bertz CT molecular complexity index is 897. The molecule has 2 nitrogen and oxygen atoms in total. The van der Waals surface area contributed by atoms with Crippen LogP contribution < -0.4 is 0 Å². The Labute approximate surface area is 140 Å². The van der Waals surface area contributed by atoms with E-state index in [1.54, 1.807) is 12.1 Å². The molecule has 2 aliphatic carbocycles. The van der Waals surface area contributed by atoms with Crippen molar-refractivity contribution in [3.05, 3.63) is 81.4 Å². The summed E-state index contributed by atoms with van der Waals surface area (Å²) in [6.07, 6.45) is 5.35. The molecule has 3 atom stereocenters. The molecule has 0 N–H and O–H groups in total. The molecule has 2 aliphatic rings. The molecule has 0 amide bonds. The monoisotopic (exact) mass is 316 g/mol. The first-order valence-corrected chi connectivity index (χ1v) is 8.01. The first-order valence-electron chi connectivity index (χ1n) is 7.63. The fourth-order valence-electron chi connectivity index (χ4n) is 3.87. The minimum atomic E-state index is 0.136. The van der Waals surface area contributed by atoms with Gasteiger partial charge in [0.1, 0.15) is 0 Å². The van der Waals surface area contributed by atoms with Gasteiger partial charge in [-0.2, -0.15) is 10.5 Å². The molecule has 0 aromatic heterocycles. The van der Waals surface area contributed by atoms with Crippen LogP contribution in [0.4, 0.5) is 0 Å². The second-order valence-corrected chi connectivity index (χ2v) is 6.56. The molecule has 2 aromatic carbocycles. The molecule has 0 bridgehead atoms. The summed E-state index contributed by atoms with van der Waals surface area (Å²) in [7, 11) is 0. The largest absolute Gasteiger partial charge is 0.192 e. The maximum atomic E-state index is 9.56. The van der Waals surface area contributed by atoms with E-state index in [-0.39, 0.29) is 11.8 Å². The quantitative estimate of drug-likeness (QED) is 0.703. The molecule has 0 heterocycles. The van der Waals surface area contributed by atoms with Crippen LogP contribution in [0.2, 0.25) is 5.02 Å². The number of rotatable bonds is 1. The van der Waals surface area contributed by atoms with Crippen molar-refractivity contribution in [2.75, 3.05) is 0 Å². The summed E-state index contributed by atoms with van der Waals surface area (Å²) >= 11 is 6.01. The normalized spacial score (nSPS) is 23.9. The lowest BCUT2D eigenvalue weighted by atomic mass is 9.62. The molecular formula is C20H13ClN2. The number of nitrogens with zero attached hydrogens (tertiary/aromatic N) is 2. The van der Waals surface area contributed by atoms with Crippen molar-refractivity contribution in [2.24, 2.45) is 5.92 Å². The first-order chi connectivity index (χ1) is 11.2. The van der Waals surface area contributed by atoms with Gasteiger partial charge in [-0.25, -0.2) is 0 Å². The van der Waals surface area contributed by atoms with Crippen molar-refractivity contribution in [3.8, 4) is 12.1 Å². The van der Waals surface area contributed by atoms with Crippen LogP contribution in [0.25, 0.3) is 0 Å². The molecule has 110 valence electrons. The smallest absolute Gasteiger partial charge is 0.0994 e. The molecule has 0 aliphatic heterocycles. The van der Waals surface area contributed by atoms with E-state index in [9.17, 15) is 10.5 Å². The lowest BCUT2D eigenvalue weighted by Gasteiger charge is -2.41. The predicted octanol–water partition coefficient (Wildman–Crippen LogP) is 4.89. The van der Waals surface area contributed by atoms with Gasteiger partial charge in [-0.1, -0.05) is 35.9 Å². The highest BCUT2D eigenvalue weighted by Gasteiger charge is 2.40. The van der Waals surface area contributed by atoms with E-state index in [1.807, 2.05) is 24.3 Å². The van der Waals surface area contributed by atoms with Crippen molar-refractivity contribution in [3.63, 3.8) is 0 Å². The molecule has 0 spiro atoms. The van der Waals surface area contributed by atoms with Crippen LogP contribution in [0.3, 0.4) is 0 Å². The summed E-state index contributed by atoms with van der Waals surface area (Å²) in [5.41, 5.74) is 4.60. The van der Waals surface area contributed by atoms with Crippen LogP contribution in [0, 0.1) is 28.6 Å². The average Bonchev–Trinajstić information content (AvgIpc) is 2.55. The fraction of sp³-hybridized carbons (Fsp3) is 0.200. The van der Waals surface area contributed by atoms with Gasteiger partial charge >= 0.3 is 0 Å². The Balaban J connectivity index is 1.97. The van der Waals surface area contributed by atoms with E-state index in [0.29, 0.717) is 22.1 Å². The highest BCUT2D eigenvalue weighted by atomic mass is 35.5. The molecule has 0 radical (unpaired) electrons. The number of allylic oxidation sites excluding steroid dienone is 2. The lowest BCUT2D eigenvalue weighted by molar-refractivity contribution is 0.429. The van der Waals surface area contributed by atoms with Gasteiger partial charge in [0.15, 0.2) is 0 Å². The number of fused-ring (bicyclic) bond motifs is 3. The third kappa shape index (κ3) is 2.07. The standard InChI is InChI=1S/C20H13ClN2/c21-16-6-3-12(4-7-16)18-9-13-5-8-17(13)19-14(10-22)1-2-15(11-23)20(18)19/h1-8,13,17-18H,9H2. The van der Waals surface area contributed by atoms with Crippen molar-refractivity contribution in [1.82, 2.24) is 0 Å². The third-order valence-electron chi connectivity index (χ3n) is 5.02. The van der Waals surface area contributed by atoms with Crippen LogP contribution in [0.1, 0.15) is 46.1 Å². The molecule has 3 heteroatoms. The zero-order chi connectivity index (χ0) is 16.0. The molecule has 0 saturated carbocycles. The minimum Gasteiger partial charge on any atom is -0.192 e. The molecule has 2 aromatic rings. The van der Waals surface area contributed by atoms with Gasteiger partial charge in [0.25, 0.3) is 0 Å². The van der Waals surface area contributed by atoms with Gasteiger partial charge in [0.2, 0.25) is 0 Å². The Morgan fingerprint density at radius 1 is 0.870 bits per heavy atom. The van der Waals surface area contributed by atoms with Gasteiger partial charge in [-0.15, -0.1) is 0 Å². The van der Waals surface area contributed by atoms with E-state index >= 15 is 0 Å². The van der Waals surface area contributed by atoms with Gasteiger partial charge in [0.05, 0.1) is 23.3 Å². The van der Waals surface area contributed by atoms with E-state index in [2.05, 4.69) is 24.3 Å². The molecule has 4 rings (SSSR count). The lowest BCUT2D eigenvalue weighted by Crippen LogP contribution is -2.28. The second-order valence-electron chi connectivity index (χ2n) is 6.13. The van der Waals surface area contributed by atoms with Crippen LogP contribution in [0.5, 0.6) is 0 Å². The Kier molecular flexibility index (Phi) is 3.22. The highest BCUT2D eigenvalue weighted by Crippen LogP contribution is 2.52. The number of benzene rings is 2. The van der Waals surface area contributed by atoms with Gasteiger partial charge in [0, 0.05) is 16.9 Å². The van der Waals surface area contributed by atoms with Crippen LogP contribution in [-0.4, -0.2) is 0 Å². The van der Waals surface area contributed by atoms with E-state index < -0.39 is 0 Å². The minimum absolute atomic E-state index is 0.136. The number of nitriles is 2. The van der Waals surface area contributed by atoms with Crippen LogP contribution >= 0.6 is 11.6 Å². The zero-order valence-electron chi connectivity index (χ0n) is 12.3. The van der Waals surface area contributed by atoms with Crippen LogP contribution in [-0.2, 0) is 0 Å². The maximum Gasteiger partial charge on any atom is 0.0994 e. The third-order valence-corrected chi connectivity index (χ3v) is 5.27. The van der Waals surface area contributed by atoms with Gasteiger partial charge < -0.3 is 0 Å². The Morgan fingerprint density at radius 2 is 1.52 bits per heavy atom.